The van der Waals surface area contributed by atoms with Crippen LogP contribution in [0.1, 0.15) is 43.5 Å². The minimum absolute atomic E-state index is 0.0658. The molecule has 6 heterocycles. The zero-order valence-electron chi connectivity index (χ0n) is 26.1. The average molecular weight is 630 g/mol. The first-order valence-corrected chi connectivity index (χ1v) is 16.1. The highest BCUT2D eigenvalue weighted by atomic mass is 32.1. The summed E-state index contributed by atoms with van der Waals surface area (Å²) in [6.45, 7) is 11.6. The van der Waals surface area contributed by atoms with Gasteiger partial charge in [0.2, 0.25) is 0 Å². The molecule has 45 heavy (non-hydrogen) atoms. The molecule has 1 spiro atoms. The van der Waals surface area contributed by atoms with Crippen LogP contribution in [0.4, 0.5) is 20.9 Å². The molecule has 0 radical (unpaired) electrons. The van der Waals surface area contributed by atoms with Gasteiger partial charge in [-0.25, -0.2) is 13.9 Å². The number of ether oxygens (including phenoxy) is 2. The summed E-state index contributed by atoms with van der Waals surface area (Å²) in [5.74, 6) is -0.998. The molecule has 3 aliphatic rings. The van der Waals surface area contributed by atoms with Gasteiger partial charge in [0.1, 0.15) is 28.6 Å². The molecular weight excluding hydrogens is 593 g/mol. The Morgan fingerprint density at radius 1 is 1.20 bits per heavy atom. The highest BCUT2D eigenvalue weighted by Gasteiger charge is 2.54. The first-order valence-electron chi connectivity index (χ1n) is 15.3. The Morgan fingerprint density at radius 2 is 1.93 bits per heavy atom. The summed E-state index contributed by atoms with van der Waals surface area (Å²) in [4.78, 5) is 24.7. The molecule has 3 saturated heterocycles. The van der Waals surface area contributed by atoms with Crippen molar-refractivity contribution in [3.63, 3.8) is 0 Å². The number of nitrogens with zero attached hydrogens (tertiary/aromatic N) is 7. The molecule has 1 aromatic carbocycles. The molecule has 12 heteroatoms. The lowest BCUT2D eigenvalue weighted by molar-refractivity contribution is -0.272. The summed E-state index contributed by atoms with van der Waals surface area (Å²) >= 11 is 1.31. The minimum atomic E-state index is -0.731. The van der Waals surface area contributed by atoms with Crippen LogP contribution in [0.2, 0.25) is 0 Å². The van der Waals surface area contributed by atoms with Crippen molar-refractivity contribution in [3.8, 4) is 17.3 Å². The molecule has 0 aliphatic carbocycles. The van der Waals surface area contributed by atoms with Gasteiger partial charge in [-0.05, 0) is 63.6 Å². The Morgan fingerprint density at radius 3 is 2.60 bits per heavy atom. The van der Waals surface area contributed by atoms with E-state index in [2.05, 4.69) is 36.9 Å². The zero-order valence-corrected chi connectivity index (χ0v) is 26.9. The number of benzene rings is 1. The quantitative estimate of drug-likeness (QED) is 0.284. The van der Waals surface area contributed by atoms with Crippen molar-refractivity contribution in [1.29, 1.82) is 5.26 Å². The van der Waals surface area contributed by atoms with E-state index in [0.717, 1.165) is 60.9 Å². The summed E-state index contributed by atoms with van der Waals surface area (Å²) in [6, 6.07) is 12.7. The van der Waals surface area contributed by atoms with Crippen LogP contribution in [0.15, 0.2) is 36.4 Å². The number of carbonyl (C=O) groups is 1. The molecule has 1 unspecified atom stereocenters. The molecule has 3 aliphatic heterocycles. The Labute approximate surface area is 265 Å². The molecule has 3 aromatic heterocycles. The molecule has 4 aromatic rings. The maximum Gasteiger partial charge on any atom is 0.251 e. The maximum atomic E-state index is 13.6. The van der Waals surface area contributed by atoms with Crippen LogP contribution in [0.3, 0.4) is 0 Å². The molecular formula is C33H36FN7O3S. The summed E-state index contributed by atoms with van der Waals surface area (Å²) in [6.07, 6.45) is 0.874. The van der Waals surface area contributed by atoms with Gasteiger partial charge in [-0.1, -0.05) is 18.3 Å². The number of aromatic nitrogens is 3. The fraction of sp³-hybridized carbons (Fsp3) is 0.455. The fourth-order valence-electron chi connectivity index (χ4n) is 6.83. The smallest absolute Gasteiger partial charge is 0.251 e. The molecule has 10 nitrogen and oxygen atoms in total. The lowest BCUT2D eigenvalue weighted by Gasteiger charge is -2.61. The molecule has 0 saturated carbocycles. The van der Waals surface area contributed by atoms with E-state index in [4.69, 9.17) is 19.6 Å². The van der Waals surface area contributed by atoms with E-state index in [0.29, 0.717) is 34.3 Å². The van der Waals surface area contributed by atoms with Crippen LogP contribution in [0, 0.1) is 29.5 Å². The van der Waals surface area contributed by atoms with E-state index in [9.17, 15) is 14.4 Å². The van der Waals surface area contributed by atoms with Crippen molar-refractivity contribution in [2.75, 3.05) is 49.6 Å². The lowest BCUT2D eigenvalue weighted by atomic mass is 9.72. The molecule has 3 fully saturated rings. The van der Waals surface area contributed by atoms with Crippen LogP contribution in [-0.4, -0.2) is 77.1 Å². The summed E-state index contributed by atoms with van der Waals surface area (Å²) in [5.41, 5.74) is 6.33. The van der Waals surface area contributed by atoms with E-state index in [1.165, 1.54) is 23.5 Å². The first kappa shape index (κ1) is 29.6. The zero-order chi connectivity index (χ0) is 31.7. The second-order valence-electron chi connectivity index (χ2n) is 12.8. The van der Waals surface area contributed by atoms with Gasteiger partial charge < -0.3 is 24.2 Å². The Bertz CT molecular complexity index is 1830. The average Bonchev–Trinajstić information content (AvgIpc) is 3.57. The number of halogens is 1. The predicted octanol–water partition coefficient (Wildman–Crippen LogP) is 5.30. The van der Waals surface area contributed by atoms with Gasteiger partial charge >= 0.3 is 0 Å². The number of fused-ring (bicyclic) bond motifs is 1. The molecule has 7 rings (SSSR count). The molecule has 1 atom stereocenters. The number of amides is 1. The standard InChI is InChI=1S/C33H36FN7O3S/c1-6-24-29(38(5)31-36-28(27(15-35)45-31)21-7-9-22(34)10-8-21)25-14-23(13-20(2)41(25)37-24)39-16-33(17-39)18-40(19-33)30(42)26-11-12-43-32(3,4)44-26/h7-10,13-14,26H,6,11-12,16-19H2,1-5H3. The number of rotatable bonds is 6. The third-order valence-electron chi connectivity index (χ3n) is 9.05. The largest absolute Gasteiger partial charge is 0.370 e. The third-order valence-corrected chi connectivity index (χ3v) is 10.1. The Balaban J connectivity index is 1.12. The van der Waals surface area contributed by atoms with E-state index in [-0.39, 0.29) is 17.1 Å². The van der Waals surface area contributed by atoms with Gasteiger partial charge in [0.05, 0.1) is 23.5 Å². The third kappa shape index (κ3) is 5.13. The van der Waals surface area contributed by atoms with Crippen molar-refractivity contribution in [3.05, 3.63) is 58.5 Å². The van der Waals surface area contributed by atoms with Crippen molar-refractivity contribution in [1.82, 2.24) is 19.5 Å². The van der Waals surface area contributed by atoms with Gasteiger partial charge in [0.25, 0.3) is 5.91 Å². The number of aryl methyl sites for hydroxylation is 2. The number of nitriles is 1. The van der Waals surface area contributed by atoms with Crippen LogP contribution >= 0.6 is 11.3 Å². The second kappa shape index (κ2) is 10.8. The second-order valence-corrected chi connectivity index (χ2v) is 13.8. The number of anilines is 3. The number of hydrogen-bond donors (Lipinski definition) is 0. The first-order chi connectivity index (χ1) is 21.5. The van der Waals surface area contributed by atoms with Crippen molar-refractivity contribution in [2.45, 2.75) is 52.4 Å². The normalized spacial score (nSPS) is 20.2. The fourth-order valence-corrected chi connectivity index (χ4v) is 7.68. The number of likely N-dealkylation sites (tertiary alicyclic amines) is 1. The van der Waals surface area contributed by atoms with Crippen molar-refractivity contribution >= 4 is 39.3 Å². The highest BCUT2D eigenvalue weighted by molar-refractivity contribution is 7.16. The topological polar surface area (TPSA) is 99.2 Å². The highest BCUT2D eigenvalue weighted by Crippen LogP contribution is 2.44. The summed E-state index contributed by atoms with van der Waals surface area (Å²) < 4.78 is 27.1. The molecule has 1 amide bonds. The van der Waals surface area contributed by atoms with Crippen LogP contribution < -0.4 is 9.80 Å². The van der Waals surface area contributed by atoms with Gasteiger partial charge in [-0.2, -0.15) is 10.4 Å². The van der Waals surface area contributed by atoms with Crippen molar-refractivity contribution < 1.29 is 18.7 Å². The lowest BCUT2D eigenvalue weighted by Crippen LogP contribution is -2.74. The predicted molar refractivity (Wildman–Crippen MR) is 170 cm³/mol. The SMILES string of the molecule is CCc1nn2c(C)cc(N3CC4(CN(C(=O)C5CCOC(C)(C)O5)C4)C3)cc2c1N(C)c1nc(-c2ccc(F)cc2)c(C#N)s1. The maximum absolute atomic E-state index is 13.6. The van der Waals surface area contributed by atoms with Gasteiger partial charge in [-0.15, -0.1) is 0 Å². The molecule has 234 valence electrons. The number of thiazole rings is 1. The van der Waals surface area contributed by atoms with Crippen LogP contribution in [0.25, 0.3) is 16.8 Å². The monoisotopic (exact) mass is 629 g/mol. The Kier molecular flexibility index (Phi) is 7.11. The number of carbonyl (C=O) groups excluding carboxylic acids is 1. The van der Waals surface area contributed by atoms with E-state index < -0.39 is 11.9 Å². The minimum Gasteiger partial charge on any atom is -0.370 e. The van der Waals surface area contributed by atoms with Gasteiger partial charge in [0.15, 0.2) is 10.9 Å². The van der Waals surface area contributed by atoms with E-state index >= 15 is 0 Å². The van der Waals surface area contributed by atoms with Gasteiger partial charge in [0, 0.05) is 62.0 Å². The van der Waals surface area contributed by atoms with Gasteiger partial charge in [-0.3, -0.25) is 4.79 Å². The number of hydrogen-bond acceptors (Lipinski definition) is 9. The number of pyridine rings is 1. The van der Waals surface area contributed by atoms with Crippen molar-refractivity contribution in [2.24, 2.45) is 5.41 Å². The molecule has 0 N–H and O–H groups in total. The summed E-state index contributed by atoms with van der Waals surface area (Å²) in [5, 5.41) is 15.5. The Hall–Kier alpha value is -4.05. The van der Waals surface area contributed by atoms with E-state index in [1.54, 1.807) is 12.1 Å². The summed E-state index contributed by atoms with van der Waals surface area (Å²) in [7, 11) is 1.95. The molecule has 0 bridgehead atoms. The van der Waals surface area contributed by atoms with E-state index in [1.807, 2.05) is 35.2 Å². The van der Waals surface area contributed by atoms with Crippen LogP contribution in [0.5, 0.6) is 0 Å². The van der Waals surface area contributed by atoms with Crippen LogP contribution in [-0.2, 0) is 20.7 Å².